The van der Waals surface area contributed by atoms with Crippen LogP contribution in [0.2, 0.25) is 0 Å². The molecule has 8 atom stereocenters. The monoisotopic (exact) mass is 900 g/mol. The first kappa shape index (κ1) is 47.8. The van der Waals surface area contributed by atoms with E-state index in [4.69, 9.17) is 14.2 Å². The number of carbonyl (C=O) groups is 4. The first-order valence-electron chi connectivity index (χ1n) is 23.1. The predicted molar refractivity (Wildman–Crippen MR) is 238 cm³/mol. The van der Waals surface area contributed by atoms with Crippen LogP contribution in [0.25, 0.3) is 6.08 Å². The van der Waals surface area contributed by atoms with Crippen LogP contribution >= 0.6 is 0 Å². The number of benzene rings is 2. The van der Waals surface area contributed by atoms with E-state index in [-0.39, 0.29) is 36.8 Å². The van der Waals surface area contributed by atoms with Crippen LogP contribution in [0.3, 0.4) is 0 Å². The number of ether oxygens (including phenoxy) is 3. The van der Waals surface area contributed by atoms with Crippen molar-refractivity contribution in [3.8, 4) is 5.75 Å². The van der Waals surface area contributed by atoms with Crippen molar-refractivity contribution < 1.29 is 53.8 Å². The third-order valence-corrected chi connectivity index (χ3v) is 13.2. The number of rotatable bonds is 7. The Morgan fingerprint density at radius 1 is 0.923 bits per heavy atom. The maximum Gasteiger partial charge on any atom is 0.336 e. The Balaban J connectivity index is 1.16. The summed E-state index contributed by atoms with van der Waals surface area (Å²) >= 11 is 0. The SMILES string of the molecule is Cc1cc2cc(C)c1OCCCCC(NC(=O)C1CCCOC1)c1cccc(c1)/C=C/C[C@]1(C(=O)O)C[C@H](O)C(NC(=O)Cn3cc(C4CCCCC4)nn3)C(O1)[C@H](O)[C@H](O)CNC2=O. The summed E-state index contributed by atoms with van der Waals surface area (Å²) in [5.41, 5.74) is 2.01. The molecule has 5 heterocycles. The fourth-order valence-electron chi connectivity index (χ4n) is 9.63. The number of amides is 3. The van der Waals surface area contributed by atoms with Crippen molar-refractivity contribution in [3.63, 3.8) is 0 Å². The summed E-state index contributed by atoms with van der Waals surface area (Å²) in [4.78, 5) is 53.7. The van der Waals surface area contributed by atoms with Crippen molar-refractivity contribution in [1.82, 2.24) is 30.9 Å². The quantitative estimate of drug-likeness (QED) is 0.179. The molecule has 1 saturated carbocycles. The zero-order valence-corrected chi connectivity index (χ0v) is 37.3. The summed E-state index contributed by atoms with van der Waals surface area (Å²) in [6.45, 7) is 4.32. The Labute approximate surface area is 379 Å². The van der Waals surface area contributed by atoms with Gasteiger partial charge >= 0.3 is 5.97 Å². The van der Waals surface area contributed by atoms with E-state index < -0.39 is 66.8 Å². The number of aliphatic hydroxyl groups is 3. The number of aliphatic carboxylic acids is 1. The number of aliphatic hydroxyl groups excluding tert-OH is 3. The molecular formula is C48H64N6O11. The molecule has 3 amide bonds. The number of nitrogens with one attached hydrogen (secondary N) is 3. The molecule has 3 aromatic rings. The maximum atomic E-state index is 13.6. The van der Waals surface area contributed by atoms with Crippen molar-refractivity contribution in [3.05, 3.63) is 82.2 Å². The lowest BCUT2D eigenvalue weighted by Gasteiger charge is -2.47. The molecule has 6 bridgehead atoms. The van der Waals surface area contributed by atoms with Gasteiger partial charge in [-0.1, -0.05) is 54.8 Å². The molecule has 352 valence electrons. The van der Waals surface area contributed by atoms with Gasteiger partial charge in [-0.05, 0) is 99.2 Å². The van der Waals surface area contributed by atoms with E-state index in [2.05, 4.69) is 26.3 Å². The number of aryl methyl sites for hydroxylation is 2. The van der Waals surface area contributed by atoms with Crippen LogP contribution in [-0.4, -0.2) is 122 Å². The molecule has 17 heteroatoms. The Morgan fingerprint density at radius 3 is 2.43 bits per heavy atom. The molecule has 4 aliphatic heterocycles. The minimum absolute atomic E-state index is 0.0784. The fourth-order valence-corrected chi connectivity index (χ4v) is 9.63. The summed E-state index contributed by atoms with van der Waals surface area (Å²) in [5.74, 6) is -2.01. The van der Waals surface area contributed by atoms with E-state index in [9.17, 15) is 39.6 Å². The van der Waals surface area contributed by atoms with Crippen molar-refractivity contribution in [2.24, 2.45) is 5.92 Å². The standard InChI is InChI=1S/C48H64N6O11/c1-29-21-35-22-30(2)43(29)64-20-7-6-17-36(50-46(60)34-16-10-19-63-28-34)33-15-8-11-31(23-33)12-9-18-48(47(61)62)24-38(55)41(44(65-48)42(58)39(56)25-49-45(35)59)51-40(57)27-54-26-37(52-53-54)32-13-4-3-5-14-32/h8-9,11-12,15,21-23,26,32,34,36,38-39,41-42,44,55-56,58H,3-7,10,13-14,16-20,24-25,27-28H2,1-2H3,(H,49,59)(H,50,60)(H,51,57)(H,61,62)/b12-9+/t34?,36?,38-,39+,41?,42+,44?,48+/m0/s1. The molecule has 2 aromatic carbocycles. The van der Waals surface area contributed by atoms with Gasteiger partial charge in [0.1, 0.15) is 24.5 Å². The lowest BCUT2D eigenvalue weighted by atomic mass is 9.81. The van der Waals surface area contributed by atoms with Crippen LogP contribution in [-0.2, 0) is 30.4 Å². The number of hydrogen-bond donors (Lipinski definition) is 7. The highest BCUT2D eigenvalue weighted by Gasteiger charge is 2.54. The van der Waals surface area contributed by atoms with E-state index >= 15 is 0 Å². The Hall–Kier alpha value is -5.20. The first-order chi connectivity index (χ1) is 31.3. The lowest BCUT2D eigenvalue weighted by molar-refractivity contribution is -0.226. The number of carboxylic acids is 1. The van der Waals surface area contributed by atoms with Crippen LogP contribution in [0.4, 0.5) is 0 Å². The highest BCUT2D eigenvalue weighted by Crippen LogP contribution is 2.36. The molecule has 8 rings (SSSR count). The molecule has 7 N–H and O–H groups in total. The van der Waals surface area contributed by atoms with Gasteiger partial charge in [0.25, 0.3) is 5.91 Å². The van der Waals surface area contributed by atoms with Crippen LogP contribution in [0.5, 0.6) is 5.75 Å². The summed E-state index contributed by atoms with van der Waals surface area (Å²) in [5, 5.41) is 62.6. The number of hydrogen-bond acceptors (Lipinski definition) is 12. The zero-order valence-electron chi connectivity index (χ0n) is 37.3. The summed E-state index contributed by atoms with van der Waals surface area (Å²) in [6.07, 6.45) is 6.42. The molecule has 2 saturated heterocycles. The van der Waals surface area contributed by atoms with Gasteiger partial charge in [0.15, 0.2) is 5.60 Å². The van der Waals surface area contributed by atoms with Crippen LogP contribution < -0.4 is 20.7 Å². The number of carbonyl (C=O) groups excluding carboxylic acids is 3. The molecule has 65 heavy (non-hydrogen) atoms. The molecular weight excluding hydrogens is 837 g/mol. The van der Waals surface area contributed by atoms with Gasteiger partial charge in [-0.25, -0.2) is 9.48 Å². The van der Waals surface area contributed by atoms with Gasteiger partial charge in [-0.15, -0.1) is 5.10 Å². The third-order valence-electron chi connectivity index (χ3n) is 13.2. The highest BCUT2D eigenvalue weighted by atomic mass is 16.6. The molecule has 0 spiro atoms. The van der Waals surface area contributed by atoms with Gasteiger partial charge < -0.3 is 50.6 Å². The second-order valence-corrected chi connectivity index (χ2v) is 18.2. The number of nitrogens with zero attached hydrogens (tertiary/aromatic N) is 3. The molecule has 1 aliphatic carbocycles. The molecule has 5 aliphatic rings. The van der Waals surface area contributed by atoms with Crippen LogP contribution in [0.15, 0.2) is 48.7 Å². The zero-order chi connectivity index (χ0) is 46.1. The normalized spacial score (nSPS) is 29.1. The third kappa shape index (κ3) is 12.0. The Kier molecular flexibility index (Phi) is 16.1. The average Bonchev–Trinajstić information content (AvgIpc) is 3.77. The minimum atomic E-state index is -2.10. The van der Waals surface area contributed by atoms with Crippen molar-refractivity contribution in [1.29, 1.82) is 0 Å². The topological polar surface area (TPSA) is 244 Å². The molecule has 1 aromatic heterocycles. The van der Waals surface area contributed by atoms with Crippen molar-refractivity contribution in [2.45, 2.75) is 145 Å². The van der Waals surface area contributed by atoms with Crippen molar-refractivity contribution >= 4 is 29.8 Å². The summed E-state index contributed by atoms with van der Waals surface area (Å²) < 4.78 is 19.5. The summed E-state index contributed by atoms with van der Waals surface area (Å²) in [6, 6.07) is 9.21. The van der Waals surface area contributed by atoms with E-state index in [1.54, 1.807) is 30.5 Å². The molecule has 3 fully saturated rings. The molecule has 4 unspecified atom stereocenters. The van der Waals surface area contributed by atoms with Gasteiger partial charge in [0.05, 0.1) is 49.1 Å². The predicted octanol–water partition coefficient (Wildman–Crippen LogP) is 3.80. The van der Waals surface area contributed by atoms with Crippen LogP contribution in [0.1, 0.15) is 127 Å². The molecule has 0 radical (unpaired) electrons. The van der Waals surface area contributed by atoms with E-state index in [0.29, 0.717) is 44.0 Å². The number of aromatic nitrogens is 3. The van der Waals surface area contributed by atoms with Crippen LogP contribution in [0, 0.1) is 19.8 Å². The van der Waals surface area contributed by atoms with Gasteiger partial charge in [0.2, 0.25) is 11.8 Å². The van der Waals surface area contributed by atoms with Crippen molar-refractivity contribution in [2.75, 3.05) is 26.4 Å². The number of carboxylic acid groups (broad SMARTS) is 1. The average molecular weight is 901 g/mol. The van der Waals surface area contributed by atoms with Gasteiger partial charge in [-0.3, -0.25) is 14.4 Å². The van der Waals surface area contributed by atoms with E-state index in [1.165, 1.54) is 11.1 Å². The Bertz CT molecular complexity index is 2140. The minimum Gasteiger partial charge on any atom is -0.493 e. The van der Waals surface area contributed by atoms with E-state index in [0.717, 1.165) is 72.9 Å². The smallest absolute Gasteiger partial charge is 0.336 e. The second kappa shape index (κ2) is 21.9. The van der Waals surface area contributed by atoms with E-state index in [1.807, 2.05) is 38.1 Å². The number of fused-ring (bicyclic) bond motifs is 12. The highest BCUT2D eigenvalue weighted by molar-refractivity contribution is 5.95. The van der Waals surface area contributed by atoms with Gasteiger partial charge in [0, 0.05) is 43.7 Å². The largest absolute Gasteiger partial charge is 0.493 e. The first-order valence-corrected chi connectivity index (χ1v) is 23.1. The Morgan fingerprint density at radius 2 is 1.69 bits per heavy atom. The lowest BCUT2D eigenvalue weighted by Crippen LogP contribution is -2.67. The molecule has 17 nitrogen and oxygen atoms in total. The summed E-state index contributed by atoms with van der Waals surface area (Å²) in [7, 11) is 0. The second-order valence-electron chi connectivity index (χ2n) is 18.2. The van der Waals surface area contributed by atoms with Gasteiger partial charge in [-0.2, -0.15) is 0 Å². The maximum absolute atomic E-state index is 13.6. The fraction of sp³-hybridized carbons (Fsp3) is 0.583.